The molecule has 1 aliphatic rings. The predicted molar refractivity (Wildman–Crippen MR) is 91.7 cm³/mol. The zero-order valence-corrected chi connectivity index (χ0v) is 13.5. The van der Waals surface area contributed by atoms with Crippen LogP contribution in [-0.4, -0.2) is 28.0 Å². The molecular formula is C18H18ClN3O. The van der Waals surface area contributed by atoms with Gasteiger partial charge in [-0.25, -0.2) is 0 Å². The van der Waals surface area contributed by atoms with Crippen molar-refractivity contribution in [2.75, 3.05) is 13.2 Å². The van der Waals surface area contributed by atoms with Gasteiger partial charge in [-0.3, -0.25) is 9.67 Å². The van der Waals surface area contributed by atoms with Crippen LogP contribution < -0.4 is 0 Å². The number of aromatic nitrogens is 3. The minimum Gasteiger partial charge on any atom is -0.381 e. The van der Waals surface area contributed by atoms with Crippen LogP contribution >= 0.6 is 11.6 Å². The van der Waals surface area contributed by atoms with Gasteiger partial charge >= 0.3 is 0 Å². The number of ether oxygens (including phenoxy) is 1. The lowest BCUT2D eigenvalue weighted by Gasteiger charge is -2.15. The standard InChI is InChI=1S/C18H18ClN3O/c19-14-5-3-13(4-6-14)18-16-12-20-9-7-17(16)22(21-18)15-2-1-10-23-11-8-15/h3-7,9,12,15H,1-2,8,10-11H2. The summed E-state index contributed by atoms with van der Waals surface area (Å²) in [4.78, 5) is 4.29. The maximum absolute atomic E-state index is 6.01. The van der Waals surface area contributed by atoms with Crippen molar-refractivity contribution in [3.63, 3.8) is 0 Å². The second kappa shape index (κ2) is 6.30. The minimum atomic E-state index is 0.378. The van der Waals surface area contributed by atoms with Gasteiger partial charge in [-0.1, -0.05) is 23.7 Å². The van der Waals surface area contributed by atoms with E-state index in [9.17, 15) is 0 Å². The van der Waals surface area contributed by atoms with E-state index in [0.29, 0.717) is 6.04 Å². The molecule has 1 unspecified atom stereocenters. The molecule has 3 aromatic rings. The highest BCUT2D eigenvalue weighted by Gasteiger charge is 2.20. The molecule has 2 aromatic heterocycles. The molecule has 4 rings (SSSR count). The molecule has 1 aromatic carbocycles. The zero-order valence-electron chi connectivity index (χ0n) is 12.8. The van der Waals surface area contributed by atoms with Crippen LogP contribution in [0.25, 0.3) is 22.2 Å². The predicted octanol–water partition coefficient (Wildman–Crippen LogP) is 4.49. The van der Waals surface area contributed by atoms with E-state index < -0.39 is 0 Å². The fourth-order valence-corrected chi connectivity index (χ4v) is 3.34. The summed E-state index contributed by atoms with van der Waals surface area (Å²) in [5.41, 5.74) is 3.17. The molecule has 0 bridgehead atoms. The molecule has 4 nitrogen and oxygen atoms in total. The number of fused-ring (bicyclic) bond motifs is 1. The van der Waals surface area contributed by atoms with Crippen molar-refractivity contribution >= 4 is 22.5 Å². The number of benzene rings is 1. The van der Waals surface area contributed by atoms with E-state index in [1.54, 1.807) is 0 Å². The summed E-state index contributed by atoms with van der Waals surface area (Å²) in [5, 5.41) is 6.75. The van der Waals surface area contributed by atoms with Crippen molar-refractivity contribution in [2.24, 2.45) is 0 Å². The Morgan fingerprint density at radius 1 is 1.09 bits per heavy atom. The Morgan fingerprint density at radius 3 is 2.83 bits per heavy atom. The first-order valence-corrected chi connectivity index (χ1v) is 8.36. The minimum absolute atomic E-state index is 0.378. The molecular weight excluding hydrogens is 310 g/mol. The van der Waals surface area contributed by atoms with Crippen molar-refractivity contribution < 1.29 is 4.74 Å². The van der Waals surface area contributed by atoms with E-state index in [1.165, 1.54) is 0 Å². The maximum Gasteiger partial charge on any atom is 0.102 e. The van der Waals surface area contributed by atoms with E-state index in [0.717, 1.165) is 59.7 Å². The lowest BCUT2D eigenvalue weighted by Crippen LogP contribution is -2.11. The molecule has 1 atom stereocenters. The fourth-order valence-electron chi connectivity index (χ4n) is 3.22. The second-order valence-electron chi connectivity index (χ2n) is 5.89. The van der Waals surface area contributed by atoms with Crippen LogP contribution in [0.15, 0.2) is 42.7 Å². The Morgan fingerprint density at radius 2 is 1.96 bits per heavy atom. The number of rotatable bonds is 2. The molecule has 0 aliphatic carbocycles. The summed E-state index contributed by atoms with van der Waals surface area (Å²) in [6, 6.07) is 10.3. The Kier molecular flexibility index (Phi) is 4.02. The SMILES string of the molecule is Clc1ccc(-c2nn(C3CCCOCC3)c3ccncc23)cc1. The van der Waals surface area contributed by atoms with Gasteiger partial charge in [0.2, 0.25) is 0 Å². The molecule has 1 fully saturated rings. The second-order valence-corrected chi connectivity index (χ2v) is 6.33. The molecule has 0 saturated carbocycles. The third-order valence-corrected chi connectivity index (χ3v) is 4.64. The summed E-state index contributed by atoms with van der Waals surface area (Å²) in [6.45, 7) is 1.65. The smallest absolute Gasteiger partial charge is 0.102 e. The Hall–Kier alpha value is -1.91. The fraction of sp³-hybridized carbons (Fsp3) is 0.333. The molecule has 0 N–H and O–H groups in total. The van der Waals surface area contributed by atoms with Gasteiger partial charge in [-0.15, -0.1) is 0 Å². The molecule has 0 spiro atoms. The van der Waals surface area contributed by atoms with Gasteiger partial charge in [0, 0.05) is 41.6 Å². The van der Waals surface area contributed by atoms with Gasteiger partial charge in [-0.2, -0.15) is 5.10 Å². The van der Waals surface area contributed by atoms with Gasteiger partial charge < -0.3 is 4.74 Å². The van der Waals surface area contributed by atoms with E-state index in [4.69, 9.17) is 21.4 Å². The molecule has 1 saturated heterocycles. The Balaban J connectivity index is 1.84. The molecule has 5 heteroatoms. The van der Waals surface area contributed by atoms with Crippen LogP contribution in [0.2, 0.25) is 5.02 Å². The lowest BCUT2D eigenvalue weighted by atomic mass is 10.1. The van der Waals surface area contributed by atoms with Crippen LogP contribution in [-0.2, 0) is 4.74 Å². The molecule has 0 radical (unpaired) electrons. The van der Waals surface area contributed by atoms with Crippen LogP contribution in [0, 0.1) is 0 Å². The van der Waals surface area contributed by atoms with Crippen molar-refractivity contribution in [2.45, 2.75) is 25.3 Å². The highest BCUT2D eigenvalue weighted by molar-refractivity contribution is 6.30. The number of hydrogen-bond acceptors (Lipinski definition) is 3. The van der Waals surface area contributed by atoms with Gasteiger partial charge in [0.05, 0.1) is 11.6 Å². The van der Waals surface area contributed by atoms with Crippen molar-refractivity contribution in [3.8, 4) is 11.3 Å². The van der Waals surface area contributed by atoms with Gasteiger partial charge in [0.25, 0.3) is 0 Å². The van der Waals surface area contributed by atoms with Crippen molar-refractivity contribution in [1.82, 2.24) is 14.8 Å². The summed E-state index contributed by atoms with van der Waals surface area (Å²) in [6.07, 6.45) is 6.90. The molecule has 118 valence electrons. The van der Waals surface area contributed by atoms with Crippen LogP contribution in [0.5, 0.6) is 0 Å². The zero-order chi connectivity index (χ0) is 15.6. The largest absolute Gasteiger partial charge is 0.381 e. The van der Waals surface area contributed by atoms with Crippen molar-refractivity contribution in [1.29, 1.82) is 0 Å². The first-order valence-electron chi connectivity index (χ1n) is 7.99. The third-order valence-electron chi connectivity index (χ3n) is 4.39. The summed E-state index contributed by atoms with van der Waals surface area (Å²) in [7, 11) is 0. The first-order chi connectivity index (χ1) is 11.3. The highest BCUT2D eigenvalue weighted by atomic mass is 35.5. The Labute approximate surface area is 140 Å². The quantitative estimate of drug-likeness (QED) is 0.696. The topological polar surface area (TPSA) is 39.9 Å². The van der Waals surface area contributed by atoms with Gasteiger partial charge in [0.1, 0.15) is 5.69 Å². The summed E-state index contributed by atoms with van der Waals surface area (Å²) < 4.78 is 7.76. The maximum atomic E-state index is 6.01. The third kappa shape index (κ3) is 2.84. The first kappa shape index (κ1) is 14.7. The molecule has 1 aliphatic heterocycles. The number of hydrogen-bond donors (Lipinski definition) is 0. The van der Waals surface area contributed by atoms with Gasteiger partial charge in [0.15, 0.2) is 0 Å². The number of pyridine rings is 1. The normalized spacial score (nSPS) is 18.9. The average molecular weight is 328 g/mol. The number of nitrogens with zero attached hydrogens (tertiary/aromatic N) is 3. The van der Waals surface area contributed by atoms with Crippen LogP contribution in [0.3, 0.4) is 0 Å². The number of halogens is 1. The average Bonchev–Trinajstić information content (AvgIpc) is 2.77. The molecule has 0 amide bonds. The molecule has 23 heavy (non-hydrogen) atoms. The van der Waals surface area contributed by atoms with Gasteiger partial charge in [-0.05, 0) is 37.5 Å². The van der Waals surface area contributed by atoms with Crippen LogP contribution in [0.1, 0.15) is 25.3 Å². The van der Waals surface area contributed by atoms with Crippen molar-refractivity contribution in [3.05, 3.63) is 47.7 Å². The molecule has 3 heterocycles. The summed E-state index contributed by atoms with van der Waals surface area (Å²) >= 11 is 6.01. The van der Waals surface area contributed by atoms with E-state index in [-0.39, 0.29) is 0 Å². The summed E-state index contributed by atoms with van der Waals surface area (Å²) in [5.74, 6) is 0. The monoisotopic (exact) mass is 327 g/mol. The van der Waals surface area contributed by atoms with E-state index >= 15 is 0 Å². The van der Waals surface area contributed by atoms with E-state index in [2.05, 4.69) is 9.67 Å². The van der Waals surface area contributed by atoms with E-state index in [1.807, 2.05) is 42.7 Å². The van der Waals surface area contributed by atoms with Crippen LogP contribution in [0.4, 0.5) is 0 Å². The lowest BCUT2D eigenvalue weighted by molar-refractivity contribution is 0.141. The Bertz CT molecular complexity index is 805. The highest BCUT2D eigenvalue weighted by Crippen LogP contribution is 2.32.